The van der Waals surface area contributed by atoms with Gasteiger partial charge in [-0.05, 0) is 37.1 Å². The molecular formula is C15H21N3O2. The summed E-state index contributed by atoms with van der Waals surface area (Å²) in [4.78, 5) is 27.1. The number of amides is 3. The number of hydrogen-bond acceptors (Lipinski definition) is 2. The number of hydrogen-bond donors (Lipinski definition) is 1. The molecule has 0 saturated carbocycles. The molecule has 108 valence electrons. The molecule has 1 N–H and O–H groups in total. The van der Waals surface area contributed by atoms with Gasteiger partial charge in [0, 0.05) is 37.9 Å². The van der Waals surface area contributed by atoms with Crippen molar-refractivity contribution >= 4 is 23.3 Å². The molecule has 20 heavy (non-hydrogen) atoms. The Kier molecular flexibility index (Phi) is 4.61. The number of carbonyl (C=O) groups is 2. The molecular weight excluding hydrogens is 254 g/mol. The Bertz CT molecular complexity index is 484. The van der Waals surface area contributed by atoms with Gasteiger partial charge in [-0.2, -0.15) is 0 Å². The summed E-state index contributed by atoms with van der Waals surface area (Å²) in [6, 6.07) is 7.45. The van der Waals surface area contributed by atoms with Crippen molar-refractivity contribution < 1.29 is 9.59 Å². The van der Waals surface area contributed by atoms with Crippen molar-refractivity contribution in [2.45, 2.75) is 26.2 Å². The van der Waals surface area contributed by atoms with Crippen molar-refractivity contribution in [2.75, 3.05) is 30.4 Å². The Morgan fingerprint density at radius 3 is 2.60 bits per heavy atom. The summed E-state index contributed by atoms with van der Waals surface area (Å²) in [5, 5.41) is 2.84. The summed E-state index contributed by atoms with van der Waals surface area (Å²) in [7, 11) is 1.81. The van der Waals surface area contributed by atoms with Crippen LogP contribution in [0.25, 0.3) is 0 Å². The lowest BCUT2D eigenvalue weighted by molar-refractivity contribution is -0.116. The van der Waals surface area contributed by atoms with Gasteiger partial charge in [0.2, 0.25) is 5.91 Å². The van der Waals surface area contributed by atoms with E-state index in [9.17, 15) is 9.59 Å². The van der Waals surface area contributed by atoms with Crippen molar-refractivity contribution in [1.82, 2.24) is 4.90 Å². The second-order valence-corrected chi connectivity index (χ2v) is 5.05. The summed E-state index contributed by atoms with van der Waals surface area (Å²) < 4.78 is 0. The maximum Gasteiger partial charge on any atom is 0.324 e. The lowest BCUT2D eigenvalue weighted by Gasteiger charge is -2.33. The van der Waals surface area contributed by atoms with Crippen LogP contribution >= 0.6 is 0 Å². The van der Waals surface area contributed by atoms with E-state index in [1.165, 1.54) is 0 Å². The third-order valence-electron chi connectivity index (χ3n) is 3.37. The van der Waals surface area contributed by atoms with Crippen LogP contribution in [-0.2, 0) is 4.79 Å². The number of urea groups is 1. The SMILES string of the molecule is CCCC(=O)Nc1ccc(N2CCCN(C)C2=O)cc1. The Hall–Kier alpha value is -2.04. The molecule has 0 atom stereocenters. The van der Waals surface area contributed by atoms with Crippen LogP contribution in [0.15, 0.2) is 24.3 Å². The molecule has 3 amide bonds. The Balaban J connectivity index is 2.04. The van der Waals surface area contributed by atoms with Crippen LogP contribution in [0.1, 0.15) is 26.2 Å². The summed E-state index contributed by atoms with van der Waals surface area (Å²) >= 11 is 0. The molecule has 1 aromatic rings. The van der Waals surface area contributed by atoms with E-state index in [1.54, 1.807) is 9.80 Å². The van der Waals surface area contributed by atoms with Gasteiger partial charge in [-0.3, -0.25) is 9.69 Å². The number of rotatable bonds is 4. The van der Waals surface area contributed by atoms with Crippen LogP contribution in [-0.4, -0.2) is 37.0 Å². The fraction of sp³-hybridized carbons (Fsp3) is 0.467. The smallest absolute Gasteiger partial charge is 0.324 e. The molecule has 5 heteroatoms. The molecule has 1 aliphatic rings. The van der Waals surface area contributed by atoms with Gasteiger partial charge in [0.1, 0.15) is 0 Å². The highest BCUT2D eigenvalue weighted by Gasteiger charge is 2.23. The molecule has 5 nitrogen and oxygen atoms in total. The van der Waals surface area contributed by atoms with E-state index in [4.69, 9.17) is 0 Å². The number of nitrogens with zero attached hydrogens (tertiary/aromatic N) is 2. The molecule has 2 rings (SSSR count). The van der Waals surface area contributed by atoms with E-state index < -0.39 is 0 Å². The Morgan fingerprint density at radius 1 is 1.25 bits per heavy atom. The summed E-state index contributed by atoms with van der Waals surface area (Å²) in [6.07, 6.45) is 2.33. The molecule has 0 aromatic heterocycles. The zero-order chi connectivity index (χ0) is 14.5. The molecule has 0 aliphatic carbocycles. The van der Waals surface area contributed by atoms with Gasteiger partial charge in [-0.25, -0.2) is 4.79 Å². The highest BCUT2D eigenvalue weighted by atomic mass is 16.2. The first kappa shape index (κ1) is 14.4. The fourth-order valence-electron chi connectivity index (χ4n) is 2.28. The number of nitrogens with one attached hydrogen (secondary N) is 1. The molecule has 0 radical (unpaired) electrons. The van der Waals surface area contributed by atoms with Crippen LogP contribution in [0.5, 0.6) is 0 Å². The average molecular weight is 275 g/mol. The summed E-state index contributed by atoms with van der Waals surface area (Å²) in [5.41, 5.74) is 1.64. The first-order valence-corrected chi connectivity index (χ1v) is 7.04. The van der Waals surface area contributed by atoms with Crippen LogP contribution < -0.4 is 10.2 Å². The average Bonchev–Trinajstić information content (AvgIpc) is 2.43. The van der Waals surface area contributed by atoms with Gasteiger partial charge in [0.15, 0.2) is 0 Å². The largest absolute Gasteiger partial charge is 0.327 e. The van der Waals surface area contributed by atoms with Crippen LogP contribution in [0, 0.1) is 0 Å². The van der Waals surface area contributed by atoms with E-state index in [1.807, 2.05) is 38.2 Å². The maximum absolute atomic E-state index is 12.1. The van der Waals surface area contributed by atoms with Crippen LogP contribution in [0.2, 0.25) is 0 Å². The van der Waals surface area contributed by atoms with Crippen molar-refractivity contribution in [3.63, 3.8) is 0 Å². The monoisotopic (exact) mass is 275 g/mol. The fourth-order valence-corrected chi connectivity index (χ4v) is 2.28. The Morgan fingerprint density at radius 2 is 1.95 bits per heavy atom. The second-order valence-electron chi connectivity index (χ2n) is 5.05. The van der Waals surface area contributed by atoms with E-state index in [0.29, 0.717) is 6.42 Å². The summed E-state index contributed by atoms with van der Waals surface area (Å²) in [5.74, 6) is 0.0223. The minimum Gasteiger partial charge on any atom is -0.327 e. The molecule has 0 bridgehead atoms. The van der Waals surface area contributed by atoms with E-state index in [0.717, 1.165) is 37.3 Å². The number of anilines is 2. The lowest BCUT2D eigenvalue weighted by atomic mass is 10.2. The van der Waals surface area contributed by atoms with Crippen molar-refractivity contribution in [3.05, 3.63) is 24.3 Å². The van der Waals surface area contributed by atoms with E-state index in [2.05, 4.69) is 5.32 Å². The molecule has 1 heterocycles. The van der Waals surface area contributed by atoms with E-state index in [-0.39, 0.29) is 11.9 Å². The maximum atomic E-state index is 12.1. The molecule has 0 spiro atoms. The van der Waals surface area contributed by atoms with Crippen molar-refractivity contribution in [2.24, 2.45) is 0 Å². The predicted octanol–water partition coefficient (Wildman–Crippen LogP) is 2.69. The zero-order valence-corrected chi connectivity index (χ0v) is 12.1. The van der Waals surface area contributed by atoms with Crippen LogP contribution in [0.3, 0.4) is 0 Å². The summed E-state index contributed by atoms with van der Waals surface area (Å²) in [6.45, 7) is 3.52. The molecule has 1 aliphatic heterocycles. The quantitative estimate of drug-likeness (QED) is 0.918. The highest BCUT2D eigenvalue weighted by Crippen LogP contribution is 2.21. The standard InChI is InChI=1S/C15H21N3O2/c1-3-5-14(19)16-12-6-8-13(9-7-12)18-11-4-10-17(2)15(18)20/h6-9H,3-5,10-11H2,1-2H3,(H,16,19). The normalized spacial score (nSPS) is 15.4. The molecule has 1 fully saturated rings. The molecule has 0 unspecified atom stereocenters. The minimum absolute atomic E-state index is 0.0223. The van der Waals surface area contributed by atoms with E-state index >= 15 is 0 Å². The minimum atomic E-state index is 0.0223. The number of benzene rings is 1. The van der Waals surface area contributed by atoms with Crippen LogP contribution in [0.4, 0.5) is 16.2 Å². The molecule has 1 aromatic carbocycles. The second kappa shape index (κ2) is 6.41. The van der Waals surface area contributed by atoms with Gasteiger partial charge in [0.25, 0.3) is 0 Å². The topological polar surface area (TPSA) is 52.7 Å². The van der Waals surface area contributed by atoms with Gasteiger partial charge in [-0.1, -0.05) is 6.92 Å². The van der Waals surface area contributed by atoms with Gasteiger partial charge < -0.3 is 10.2 Å². The van der Waals surface area contributed by atoms with Gasteiger partial charge >= 0.3 is 6.03 Å². The number of carbonyl (C=O) groups excluding carboxylic acids is 2. The molecule has 1 saturated heterocycles. The van der Waals surface area contributed by atoms with Crippen molar-refractivity contribution in [1.29, 1.82) is 0 Å². The predicted molar refractivity (Wildman–Crippen MR) is 80.0 cm³/mol. The highest BCUT2D eigenvalue weighted by molar-refractivity contribution is 5.94. The van der Waals surface area contributed by atoms with Crippen molar-refractivity contribution in [3.8, 4) is 0 Å². The first-order chi connectivity index (χ1) is 9.61. The third-order valence-corrected chi connectivity index (χ3v) is 3.37. The Labute approximate surface area is 119 Å². The lowest BCUT2D eigenvalue weighted by Crippen LogP contribution is -2.47. The van der Waals surface area contributed by atoms with Gasteiger partial charge in [-0.15, -0.1) is 0 Å². The third kappa shape index (κ3) is 3.29. The zero-order valence-electron chi connectivity index (χ0n) is 12.1. The first-order valence-electron chi connectivity index (χ1n) is 7.04. The van der Waals surface area contributed by atoms with Gasteiger partial charge in [0.05, 0.1) is 0 Å².